The van der Waals surface area contributed by atoms with Crippen molar-refractivity contribution in [2.24, 2.45) is 5.92 Å². The molecule has 0 spiro atoms. The van der Waals surface area contributed by atoms with Gasteiger partial charge in [0.05, 0.1) is 11.6 Å². The highest BCUT2D eigenvalue weighted by atomic mass is 35.5. The summed E-state index contributed by atoms with van der Waals surface area (Å²) < 4.78 is 0. The van der Waals surface area contributed by atoms with Gasteiger partial charge in [-0.2, -0.15) is 0 Å². The van der Waals surface area contributed by atoms with Crippen LogP contribution in [0.2, 0.25) is 0 Å². The van der Waals surface area contributed by atoms with E-state index in [4.69, 9.17) is 5.11 Å². The molecule has 3 rings (SSSR count). The normalized spacial score (nSPS) is 16.6. The number of hydrogen-bond donors (Lipinski definition) is 1. The van der Waals surface area contributed by atoms with E-state index in [1.165, 1.54) is 16.9 Å². The summed E-state index contributed by atoms with van der Waals surface area (Å²) in [5.41, 5.74) is 4.07. The molecule has 134 valence electrons. The largest absolute Gasteiger partial charge is 0.481 e. The van der Waals surface area contributed by atoms with E-state index < -0.39 is 11.9 Å². The Morgan fingerprint density at radius 3 is 2.60 bits per heavy atom. The number of aryl methyl sites for hydroxylation is 3. The summed E-state index contributed by atoms with van der Waals surface area (Å²) in [7, 11) is 0. The number of carboxylic acids is 1. The van der Waals surface area contributed by atoms with Crippen molar-refractivity contribution in [2.45, 2.75) is 27.2 Å². The van der Waals surface area contributed by atoms with Crippen LogP contribution in [0.3, 0.4) is 0 Å². The molecule has 1 aromatic heterocycles. The number of carbonyl (C=O) groups is 2. The first-order chi connectivity index (χ1) is 11.4. The third kappa shape index (κ3) is 3.85. The molecule has 1 atom stereocenters. The second-order valence-electron chi connectivity index (χ2n) is 6.33. The van der Waals surface area contributed by atoms with Gasteiger partial charge in [0.2, 0.25) is 0 Å². The smallest absolute Gasteiger partial charge is 0.308 e. The Hall–Kier alpha value is -1.92. The van der Waals surface area contributed by atoms with Gasteiger partial charge in [0.1, 0.15) is 9.88 Å². The molecule has 1 amide bonds. The van der Waals surface area contributed by atoms with E-state index in [9.17, 15) is 9.59 Å². The highest BCUT2D eigenvalue weighted by molar-refractivity contribution is 7.17. The second-order valence-corrected chi connectivity index (χ2v) is 7.33. The topological polar surface area (TPSA) is 70.5 Å². The molecule has 1 fully saturated rings. The standard InChI is InChI=1S/C18H20N2O3S.ClH/c1-10-4-5-14(11(2)8-10)16-19-12(3)15(24-16)17(21)20-7-6-13(9-20)18(22)23;/h4-5,8,13H,6-7,9H2,1-3H3,(H,22,23);1H. The maximum atomic E-state index is 12.7. The van der Waals surface area contributed by atoms with Crippen molar-refractivity contribution >= 4 is 35.6 Å². The zero-order valence-corrected chi connectivity index (χ0v) is 16.0. The van der Waals surface area contributed by atoms with Gasteiger partial charge in [-0.3, -0.25) is 9.59 Å². The molecule has 0 aliphatic carbocycles. The average Bonchev–Trinajstić information content (AvgIpc) is 3.13. The predicted molar refractivity (Wildman–Crippen MR) is 101 cm³/mol. The molecule has 1 aliphatic rings. The van der Waals surface area contributed by atoms with E-state index in [-0.39, 0.29) is 24.9 Å². The first-order valence-electron chi connectivity index (χ1n) is 7.94. The van der Waals surface area contributed by atoms with Crippen LogP contribution in [-0.2, 0) is 4.79 Å². The number of nitrogens with zero attached hydrogens (tertiary/aromatic N) is 2. The van der Waals surface area contributed by atoms with Gasteiger partial charge in [-0.15, -0.1) is 23.7 Å². The van der Waals surface area contributed by atoms with Gasteiger partial charge in [-0.05, 0) is 32.8 Å². The summed E-state index contributed by atoms with van der Waals surface area (Å²) in [5, 5.41) is 9.93. The predicted octanol–water partition coefficient (Wildman–Crippen LogP) is 3.70. The van der Waals surface area contributed by atoms with Crippen molar-refractivity contribution in [3.63, 3.8) is 0 Å². The lowest BCUT2D eigenvalue weighted by Crippen LogP contribution is -2.29. The summed E-state index contributed by atoms with van der Waals surface area (Å²) in [6.45, 7) is 6.70. The van der Waals surface area contributed by atoms with Crippen molar-refractivity contribution in [2.75, 3.05) is 13.1 Å². The lowest BCUT2D eigenvalue weighted by atomic mass is 10.1. The number of aromatic nitrogens is 1. The van der Waals surface area contributed by atoms with E-state index in [1.807, 2.05) is 32.9 Å². The fourth-order valence-electron chi connectivity index (χ4n) is 3.05. The van der Waals surface area contributed by atoms with Crippen LogP contribution in [0.5, 0.6) is 0 Å². The van der Waals surface area contributed by atoms with Gasteiger partial charge < -0.3 is 10.0 Å². The third-order valence-electron chi connectivity index (χ3n) is 4.43. The Morgan fingerprint density at radius 1 is 1.28 bits per heavy atom. The van der Waals surface area contributed by atoms with Gasteiger partial charge in [0.25, 0.3) is 5.91 Å². The molecule has 25 heavy (non-hydrogen) atoms. The first kappa shape index (κ1) is 19.4. The van der Waals surface area contributed by atoms with Gasteiger partial charge in [0, 0.05) is 18.7 Å². The van der Waals surface area contributed by atoms with Crippen LogP contribution < -0.4 is 0 Å². The van der Waals surface area contributed by atoms with Crippen molar-refractivity contribution in [3.05, 3.63) is 39.9 Å². The molecule has 1 N–H and O–H groups in total. The number of likely N-dealkylation sites (tertiary alicyclic amines) is 1. The van der Waals surface area contributed by atoms with E-state index in [2.05, 4.69) is 11.1 Å². The SMILES string of the molecule is Cc1ccc(-c2nc(C)c(C(=O)N3CCC(C(=O)O)C3)s2)c(C)c1.Cl. The number of carboxylic acid groups (broad SMARTS) is 1. The van der Waals surface area contributed by atoms with Crippen LogP contribution in [0, 0.1) is 26.7 Å². The minimum atomic E-state index is -0.831. The highest BCUT2D eigenvalue weighted by Gasteiger charge is 2.32. The number of rotatable bonds is 3. The van der Waals surface area contributed by atoms with E-state index >= 15 is 0 Å². The number of thiazole rings is 1. The number of halogens is 1. The summed E-state index contributed by atoms with van der Waals surface area (Å²) in [6.07, 6.45) is 0.517. The lowest BCUT2D eigenvalue weighted by molar-refractivity contribution is -0.141. The monoisotopic (exact) mass is 380 g/mol. The number of aliphatic carboxylic acids is 1. The Bertz CT molecular complexity index is 819. The zero-order valence-electron chi connectivity index (χ0n) is 14.4. The van der Waals surface area contributed by atoms with Crippen LogP contribution in [-0.4, -0.2) is 40.0 Å². The van der Waals surface area contributed by atoms with Gasteiger partial charge >= 0.3 is 5.97 Å². The van der Waals surface area contributed by atoms with E-state index in [0.717, 1.165) is 16.1 Å². The zero-order chi connectivity index (χ0) is 17.4. The van der Waals surface area contributed by atoms with E-state index in [0.29, 0.717) is 23.5 Å². The van der Waals surface area contributed by atoms with Crippen LogP contribution in [0.25, 0.3) is 10.6 Å². The van der Waals surface area contributed by atoms with Crippen molar-refractivity contribution in [1.82, 2.24) is 9.88 Å². The molecule has 1 aliphatic heterocycles. The highest BCUT2D eigenvalue weighted by Crippen LogP contribution is 2.32. The summed E-state index contributed by atoms with van der Waals surface area (Å²) in [5.74, 6) is -1.40. The summed E-state index contributed by atoms with van der Waals surface area (Å²) in [4.78, 5) is 30.6. The van der Waals surface area contributed by atoms with Crippen molar-refractivity contribution in [3.8, 4) is 10.6 Å². The second kappa shape index (κ2) is 7.54. The maximum absolute atomic E-state index is 12.7. The fourth-order valence-corrected chi connectivity index (χ4v) is 4.18. The Balaban J connectivity index is 0.00000225. The molecule has 1 unspecified atom stereocenters. The quantitative estimate of drug-likeness (QED) is 0.881. The van der Waals surface area contributed by atoms with Crippen molar-refractivity contribution in [1.29, 1.82) is 0 Å². The average molecular weight is 381 g/mol. The molecule has 1 aromatic carbocycles. The number of amides is 1. The lowest BCUT2D eigenvalue weighted by Gasteiger charge is -2.14. The molecular weight excluding hydrogens is 360 g/mol. The fraction of sp³-hybridized carbons (Fsp3) is 0.389. The molecule has 0 bridgehead atoms. The van der Waals surface area contributed by atoms with Crippen LogP contribution >= 0.6 is 23.7 Å². The molecule has 2 heterocycles. The van der Waals surface area contributed by atoms with Crippen LogP contribution in [0.4, 0.5) is 0 Å². The van der Waals surface area contributed by atoms with Gasteiger partial charge in [-0.1, -0.05) is 23.8 Å². The summed E-state index contributed by atoms with van der Waals surface area (Å²) >= 11 is 1.39. The molecule has 5 nitrogen and oxygen atoms in total. The third-order valence-corrected chi connectivity index (χ3v) is 5.61. The minimum absolute atomic E-state index is 0. The number of hydrogen-bond acceptors (Lipinski definition) is 4. The molecule has 7 heteroatoms. The molecule has 1 saturated heterocycles. The van der Waals surface area contributed by atoms with Gasteiger partial charge in [0.15, 0.2) is 0 Å². The number of carbonyl (C=O) groups excluding carboxylic acids is 1. The molecule has 0 radical (unpaired) electrons. The summed E-state index contributed by atoms with van der Waals surface area (Å²) in [6, 6.07) is 6.18. The molecule has 0 saturated carbocycles. The van der Waals surface area contributed by atoms with Crippen LogP contribution in [0.1, 0.15) is 32.9 Å². The first-order valence-corrected chi connectivity index (χ1v) is 8.75. The molecule has 2 aromatic rings. The Morgan fingerprint density at radius 2 is 2.00 bits per heavy atom. The van der Waals surface area contributed by atoms with Gasteiger partial charge in [-0.25, -0.2) is 4.98 Å². The minimum Gasteiger partial charge on any atom is -0.481 e. The number of benzene rings is 1. The van der Waals surface area contributed by atoms with Crippen LogP contribution in [0.15, 0.2) is 18.2 Å². The Kier molecular flexibility index (Phi) is 5.85. The maximum Gasteiger partial charge on any atom is 0.308 e. The molecular formula is C18H21ClN2O3S. The van der Waals surface area contributed by atoms with Crippen molar-refractivity contribution < 1.29 is 14.7 Å². The Labute approximate surface area is 157 Å². The van der Waals surface area contributed by atoms with E-state index in [1.54, 1.807) is 4.90 Å².